The Hall–Kier alpha value is -1.26. The molecule has 0 unspecified atom stereocenters. The van der Waals surface area contributed by atoms with Gasteiger partial charge in [-0.3, -0.25) is 4.79 Å². The van der Waals surface area contributed by atoms with Gasteiger partial charge in [-0.05, 0) is 24.6 Å². The number of aliphatic hydroxyl groups excluding tert-OH is 1. The van der Waals surface area contributed by atoms with Crippen molar-refractivity contribution in [2.75, 3.05) is 25.4 Å². The number of hydrogen-bond donors (Lipinski definition) is 2. The number of carbonyl (C=O) groups excluding carboxylic acids is 1. The van der Waals surface area contributed by atoms with Gasteiger partial charge in [-0.2, -0.15) is 0 Å². The van der Waals surface area contributed by atoms with Crippen LogP contribution in [0.3, 0.4) is 0 Å². The number of amides is 1. The van der Waals surface area contributed by atoms with Crippen molar-refractivity contribution in [3.05, 3.63) is 28.8 Å². The second kappa shape index (κ2) is 6.47. The fourth-order valence-corrected chi connectivity index (χ4v) is 1.73. The third-order valence-corrected chi connectivity index (χ3v) is 2.73. The van der Waals surface area contributed by atoms with E-state index in [2.05, 4.69) is 0 Å². The normalized spacial score (nSPS) is 10.3. The number of rotatable bonds is 5. The highest BCUT2D eigenvalue weighted by Crippen LogP contribution is 2.20. The third-order valence-electron chi connectivity index (χ3n) is 2.40. The first kappa shape index (κ1) is 13.8. The predicted molar refractivity (Wildman–Crippen MR) is 69.1 cm³/mol. The van der Waals surface area contributed by atoms with Crippen LogP contribution in [0.4, 0.5) is 5.69 Å². The van der Waals surface area contributed by atoms with Crippen LogP contribution >= 0.6 is 11.6 Å². The van der Waals surface area contributed by atoms with Crippen molar-refractivity contribution in [2.24, 2.45) is 0 Å². The Labute approximate surface area is 106 Å². The lowest BCUT2D eigenvalue weighted by atomic mass is 10.1. The first-order valence-corrected chi connectivity index (χ1v) is 5.93. The molecule has 0 spiro atoms. The van der Waals surface area contributed by atoms with Crippen LogP contribution in [0.5, 0.6) is 0 Å². The van der Waals surface area contributed by atoms with Gasteiger partial charge in [-0.25, -0.2) is 0 Å². The maximum Gasteiger partial charge on any atom is 0.253 e. The van der Waals surface area contributed by atoms with Gasteiger partial charge in [0.05, 0.1) is 17.3 Å². The third kappa shape index (κ3) is 3.61. The molecule has 0 saturated heterocycles. The Morgan fingerprint density at radius 3 is 2.71 bits per heavy atom. The number of halogens is 1. The van der Waals surface area contributed by atoms with E-state index in [0.29, 0.717) is 29.4 Å². The molecule has 0 bridgehead atoms. The summed E-state index contributed by atoms with van der Waals surface area (Å²) in [6, 6.07) is 4.81. The summed E-state index contributed by atoms with van der Waals surface area (Å²) in [5, 5.41) is 9.29. The lowest BCUT2D eigenvalue weighted by Gasteiger charge is -2.21. The standard InChI is InChI=1S/C12H17ClN2O2/c1-2-5-15(6-7-16)12(17)9-3-4-11(14)10(13)8-9/h3-4,8,16H,2,5-7,14H2,1H3. The van der Waals surface area contributed by atoms with Crippen LogP contribution in [0.2, 0.25) is 5.02 Å². The van der Waals surface area contributed by atoms with Gasteiger partial charge in [0.1, 0.15) is 0 Å². The summed E-state index contributed by atoms with van der Waals surface area (Å²) in [7, 11) is 0. The molecule has 0 atom stereocenters. The average Bonchev–Trinajstić information content (AvgIpc) is 2.31. The summed E-state index contributed by atoms with van der Waals surface area (Å²) >= 11 is 5.87. The highest BCUT2D eigenvalue weighted by atomic mass is 35.5. The Bertz CT molecular complexity index is 390. The van der Waals surface area contributed by atoms with E-state index >= 15 is 0 Å². The minimum atomic E-state index is -0.136. The lowest BCUT2D eigenvalue weighted by Crippen LogP contribution is -2.34. The fourth-order valence-electron chi connectivity index (χ4n) is 1.55. The average molecular weight is 257 g/mol. The Morgan fingerprint density at radius 1 is 1.47 bits per heavy atom. The van der Waals surface area contributed by atoms with Crippen LogP contribution in [-0.4, -0.2) is 35.6 Å². The van der Waals surface area contributed by atoms with E-state index in [1.54, 1.807) is 23.1 Å². The first-order chi connectivity index (χ1) is 8.10. The monoisotopic (exact) mass is 256 g/mol. The molecular formula is C12H17ClN2O2. The van der Waals surface area contributed by atoms with E-state index in [1.807, 2.05) is 6.92 Å². The van der Waals surface area contributed by atoms with Crippen molar-refractivity contribution in [3.8, 4) is 0 Å². The number of anilines is 1. The summed E-state index contributed by atoms with van der Waals surface area (Å²) in [5.41, 5.74) is 6.53. The van der Waals surface area contributed by atoms with Crippen molar-refractivity contribution in [1.29, 1.82) is 0 Å². The van der Waals surface area contributed by atoms with E-state index < -0.39 is 0 Å². The predicted octanol–water partition coefficient (Wildman–Crippen LogP) is 1.77. The second-order valence-corrected chi connectivity index (χ2v) is 4.16. The molecule has 0 heterocycles. The number of aliphatic hydroxyl groups is 1. The molecule has 3 N–H and O–H groups in total. The van der Waals surface area contributed by atoms with E-state index in [0.717, 1.165) is 6.42 Å². The molecule has 0 saturated carbocycles. The van der Waals surface area contributed by atoms with E-state index in [4.69, 9.17) is 22.4 Å². The molecule has 0 aliphatic rings. The molecule has 1 aromatic carbocycles. The SMILES string of the molecule is CCCN(CCO)C(=O)c1ccc(N)c(Cl)c1. The first-order valence-electron chi connectivity index (χ1n) is 5.55. The maximum atomic E-state index is 12.1. The van der Waals surface area contributed by atoms with Gasteiger partial charge in [0.15, 0.2) is 0 Å². The maximum absolute atomic E-state index is 12.1. The molecule has 0 aliphatic heterocycles. The molecule has 0 radical (unpaired) electrons. The van der Waals surface area contributed by atoms with E-state index in [9.17, 15) is 4.79 Å². The van der Waals surface area contributed by atoms with Gasteiger partial charge >= 0.3 is 0 Å². The van der Waals surface area contributed by atoms with Crippen molar-refractivity contribution in [1.82, 2.24) is 4.90 Å². The smallest absolute Gasteiger partial charge is 0.253 e. The molecule has 17 heavy (non-hydrogen) atoms. The number of nitrogens with zero attached hydrogens (tertiary/aromatic N) is 1. The number of nitrogen functional groups attached to an aromatic ring is 1. The van der Waals surface area contributed by atoms with Crippen LogP contribution in [0.15, 0.2) is 18.2 Å². The summed E-state index contributed by atoms with van der Waals surface area (Å²) in [6.45, 7) is 2.87. The van der Waals surface area contributed by atoms with Crippen LogP contribution in [0.1, 0.15) is 23.7 Å². The quantitative estimate of drug-likeness (QED) is 0.789. The summed E-state index contributed by atoms with van der Waals surface area (Å²) in [5.74, 6) is -0.136. The van der Waals surface area contributed by atoms with Crippen LogP contribution < -0.4 is 5.73 Å². The molecule has 0 aromatic heterocycles. The molecule has 5 heteroatoms. The minimum Gasteiger partial charge on any atom is -0.398 e. The summed E-state index contributed by atoms with van der Waals surface area (Å²) in [6.07, 6.45) is 0.842. The zero-order valence-corrected chi connectivity index (χ0v) is 10.6. The Kier molecular flexibility index (Phi) is 5.25. The number of benzene rings is 1. The summed E-state index contributed by atoms with van der Waals surface area (Å²) in [4.78, 5) is 13.7. The van der Waals surface area contributed by atoms with Crippen LogP contribution in [0.25, 0.3) is 0 Å². The highest BCUT2D eigenvalue weighted by Gasteiger charge is 2.15. The topological polar surface area (TPSA) is 66.6 Å². The number of carbonyl (C=O) groups is 1. The lowest BCUT2D eigenvalue weighted by molar-refractivity contribution is 0.0722. The van der Waals surface area contributed by atoms with Gasteiger partial charge in [0.2, 0.25) is 0 Å². The molecular weight excluding hydrogens is 240 g/mol. The van der Waals surface area contributed by atoms with Crippen molar-refractivity contribution in [2.45, 2.75) is 13.3 Å². The van der Waals surface area contributed by atoms with Gasteiger partial charge in [0.25, 0.3) is 5.91 Å². The van der Waals surface area contributed by atoms with Crippen molar-refractivity contribution >= 4 is 23.2 Å². The van der Waals surface area contributed by atoms with E-state index in [1.165, 1.54) is 0 Å². The minimum absolute atomic E-state index is 0.0472. The molecule has 0 fully saturated rings. The zero-order valence-electron chi connectivity index (χ0n) is 9.82. The van der Waals surface area contributed by atoms with Gasteiger partial charge in [0, 0.05) is 18.7 Å². The number of nitrogens with two attached hydrogens (primary N) is 1. The van der Waals surface area contributed by atoms with Gasteiger partial charge in [-0.1, -0.05) is 18.5 Å². The number of hydrogen-bond acceptors (Lipinski definition) is 3. The molecule has 1 rings (SSSR count). The molecule has 94 valence electrons. The molecule has 4 nitrogen and oxygen atoms in total. The molecule has 1 aromatic rings. The molecule has 0 aliphatic carbocycles. The van der Waals surface area contributed by atoms with Crippen molar-refractivity contribution in [3.63, 3.8) is 0 Å². The van der Waals surface area contributed by atoms with Gasteiger partial charge < -0.3 is 15.7 Å². The summed E-state index contributed by atoms with van der Waals surface area (Å²) < 4.78 is 0. The zero-order chi connectivity index (χ0) is 12.8. The second-order valence-electron chi connectivity index (χ2n) is 3.75. The largest absolute Gasteiger partial charge is 0.398 e. The highest BCUT2D eigenvalue weighted by molar-refractivity contribution is 6.33. The Morgan fingerprint density at radius 2 is 2.18 bits per heavy atom. The Balaban J connectivity index is 2.88. The van der Waals surface area contributed by atoms with Crippen LogP contribution in [0, 0.1) is 0 Å². The van der Waals surface area contributed by atoms with Gasteiger partial charge in [-0.15, -0.1) is 0 Å². The van der Waals surface area contributed by atoms with E-state index in [-0.39, 0.29) is 12.5 Å². The molecule has 1 amide bonds. The fraction of sp³-hybridized carbons (Fsp3) is 0.417. The van der Waals surface area contributed by atoms with Crippen molar-refractivity contribution < 1.29 is 9.90 Å². The van der Waals surface area contributed by atoms with Crippen LogP contribution in [-0.2, 0) is 0 Å².